The van der Waals surface area contributed by atoms with Gasteiger partial charge in [0.1, 0.15) is 6.10 Å². The number of rotatable bonds is 2. The molecular weight excluding hydrogens is 176 g/mol. The van der Waals surface area contributed by atoms with E-state index in [4.69, 9.17) is 4.74 Å². The number of cyclic esters (lactones) is 1. The fourth-order valence-electron chi connectivity index (χ4n) is 2.10. The lowest BCUT2D eigenvalue weighted by atomic mass is 9.88. The van der Waals surface area contributed by atoms with Gasteiger partial charge in [-0.1, -0.05) is 26.0 Å². The van der Waals surface area contributed by atoms with Crippen molar-refractivity contribution < 1.29 is 9.53 Å². The van der Waals surface area contributed by atoms with Gasteiger partial charge in [-0.25, -0.2) is 4.79 Å². The number of allylic oxidation sites excluding steroid dienone is 1. The molecule has 0 aromatic rings. The minimum Gasteiger partial charge on any atom is -0.454 e. The van der Waals surface area contributed by atoms with Crippen LogP contribution in [0.5, 0.6) is 0 Å². The molecule has 0 saturated heterocycles. The highest BCUT2D eigenvalue weighted by atomic mass is 16.5. The second-order valence-corrected chi connectivity index (χ2v) is 4.09. The van der Waals surface area contributed by atoms with Crippen molar-refractivity contribution in [3.05, 3.63) is 23.3 Å². The first kappa shape index (κ1) is 9.50. The van der Waals surface area contributed by atoms with Crippen LogP contribution in [0, 0.1) is 5.92 Å². The zero-order chi connectivity index (χ0) is 10.1. The van der Waals surface area contributed by atoms with E-state index in [1.54, 1.807) is 0 Å². The zero-order valence-corrected chi connectivity index (χ0v) is 8.75. The van der Waals surface area contributed by atoms with Gasteiger partial charge in [0.25, 0.3) is 0 Å². The molecule has 2 atom stereocenters. The van der Waals surface area contributed by atoms with Crippen LogP contribution < -0.4 is 0 Å². The highest BCUT2D eigenvalue weighted by Crippen LogP contribution is 2.35. The summed E-state index contributed by atoms with van der Waals surface area (Å²) in [5.74, 6) is 0.319. The van der Waals surface area contributed by atoms with Gasteiger partial charge in [-0.3, -0.25) is 0 Å². The summed E-state index contributed by atoms with van der Waals surface area (Å²) in [7, 11) is 0. The Bertz CT molecular complexity index is 312. The number of hydrogen-bond donors (Lipinski definition) is 0. The second kappa shape index (κ2) is 3.60. The Labute approximate surface area is 84.6 Å². The van der Waals surface area contributed by atoms with Gasteiger partial charge < -0.3 is 4.74 Å². The van der Waals surface area contributed by atoms with Crippen molar-refractivity contribution in [2.75, 3.05) is 0 Å². The first-order chi connectivity index (χ1) is 6.74. The van der Waals surface area contributed by atoms with Crippen molar-refractivity contribution in [1.29, 1.82) is 0 Å². The molecule has 1 aliphatic heterocycles. The third-order valence-electron chi connectivity index (χ3n) is 3.17. The third-order valence-corrected chi connectivity index (χ3v) is 3.17. The fourth-order valence-corrected chi connectivity index (χ4v) is 2.10. The maximum Gasteiger partial charge on any atom is 0.338 e. The highest BCUT2D eigenvalue weighted by Gasteiger charge is 2.35. The van der Waals surface area contributed by atoms with Crippen LogP contribution >= 0.6 is 0 Å². The van der Waals surface area contributed by atoms with Gasteiger partial charge in [0.2, 0.25) is 0 Å². The molecule has 2 aliphatic rings. The molecule has 1 heterocycles. The van der Waals surface area contributed by atoms with Crippen molar-refractivity contribution in [3.8, 4) is 0 Å². The minimum absolute atomic E-state index is 0.0486. The Morgan fingerprint density at radius 1 is 1.64 bits per heavy atom. The van der Waals surface area contributed by atoms with Crippen LogP contribution in [0.25, 0.3) is 0 Å². The van der Waals surface area contributed by atoms with E-state index in [0.29, 0.717) is 5.92 Å². The Morgan fingerprint density at radius 2 is 2.43 bits per heavy atom. The zero-order valence-electron chi connectivity index (χ0n) is 8.75. The van der Waals surface area contributed by atoms with Gasteiger partial charge in [-0.2, -0.15) is 0 Å². The van der Waals surface area contributed by atoms with E-state index in [9.17, 15) is 4.79 Å². The van der Waals surface area contributed by atoms with Crippen LogP contribution in [0.4, 0.5) is 0 Å². The SMILES string of the molecule is CCC(C)[C@@H]1OC(=O)C2=C1CCC=C2. The van der Waals surface area contributed by atoms with Crippen LogP contribution in [0.1, 0.15) is 33.1 Å². The van der Waals surface area contributed by atoms with Gasteiger partial charge in [-0.15, -0.1) is 0 Å². The third kappa shape index (κ3) is 1.39. The van der Waals surface area contributed by atoms with Gasteiger partial charge in [-0.05, 0) is 30.8 Å². The largest absolute Gasteiger partial charge is 0.454 e. The summed E-state index contributed by atoms with van der Waals surface area (Å²) in [6.07, 6.45) is 7.11. The average molecular weight is 192 g/mol. The lowest BCUT2D eigenvalue weighted by Gasteiger charge is -2.20. The molecule has 0 fully saturated rings. The molecule has 0 aromatic heterocycles. The standard InChI is InChI=1S/C12H16O2/c1-3-8(2)11-9-6-4-5-7-10(9)12(13)14-11/h5,7-8,11H,3-4,6H2,1-2H3/t8?,11-/m0/s1. The smallest absolute Gasteiger partial charge is 0.338 e. The fraction of sp³-hybridized carbons (Fsp3) is 0.583. The van der Waals surface area contributed by atoms with Gasteiger partial charge in [0, 0.05) is 0 Å². The minimum atomic E-state index is -0.124. The molecule has 0 radical (unpaired) electrons. The van der Waals surface area contributed by atoms with E-state index in [1.165, 1.54) is 5.57 Å². The molecule has 0 aromatic carbocycles. The van der Waals surface area contributed by atoms with Gasteiger partial charge in [0.15, 0.2) is 0 Å². The van der Waals surface area contributed by atoms with Crippen LogP contribution in [-0.2, 0) is 9.53 Å². The van der Waals surface area contributed by atoms with Crippen LogP contribution in [0.3, 0.4) is 0 Å². The highest BCUT2D eigenvalue weighted by molar-refractivity contribution is 5.95. The summed E-state index contributed by atoms with van der Waals surface area (Å²) in [5.41, 5.74) is 2.05. The second-order valence-electron chi connectivity index (χ2n) is 4.09. The Kier molecular flexibility index (Phi) is 2.44. The Morgan fingerprint density at radius 3 is 3.14 bits per heavy atom. The van der Waals surface area contributed by atoms with Crippen molar-refractivity contribution in [2.24, 2.45) is 5.92 Å². The summed E-state index contributed by atoms with van der Waals surface area (Å²) in [5, 5.41) is 0. The first-order valence-electron chi connectivity index (χ1n) is 5.34. The van der Waals surface area contributed by atoms with E-state index >= 15 is 0 Å². The molecule has 0 bridgehead atoms. The summed E-state index contributed by atoms with van der Waals surface area (Å²) in [4.78, 5) is 11.5. The topological polar surface area (TPSA) is 26.3 Å². The lowest BCUT2D eigenvalue weighted by molar-refractivity contribution is -0.141. The van der Waals surface area contributed by atoms with E-state index in [2.05, 4.69) is 19.9 Å². The first-order valence-corrected chi connectivity index (χ1v) is 5.34. The molecule has 2 nitrogen and oxygen atoms in total. The molecule has 0 N–H and O–H groups in total. The van der Waals surface area contributed by atoms with Crippen molar-refractivity contribution in [3.63, 3.8) is 0 Å². The molecule has 1 aliphatic carbocycles. The van der Waals surface area contributed by atoms with Crippen LogP contribution in [-0.4, -0.2) is 12.1 Å². The molecule has 0 saturated carbocycles. The monoisotopic (exact) mass is 192 g/mol. The van der Waals surface area contributed by atoms with E-state index < -0.39 is 0 Å². The Hall–Kier alpha value is -1.05. The van der Waals surface area contributed by atoms with Crippen LogP contribution in [0.15, 0.2) is 23.3 Å². The van der Waals surface area contributed by atoms with Crippen molar-refractivity contribution in [1.82, 2.24) is 0 Å². The maximum absolute atomic E-state index is 11.5. The number of ether oxygens (including phenoxy) is 1. The molecule has 0 amide bonds. The van der Waals surface area contributed by atoms with E-state index in [0.717, 1.165) is 24.8 Å². The molecule has 76 valence electrons. The molecule has 14 heavy (non-hydrogen) atoms. The predicted octanol–water partition coefficient (Wildman–Crippen LogP) is 2.60. The summed E-state index contributed by atoms with van der Waals surface area (Å²) in [6, 6.07) is 0. The predicted molar refractivity (Wildman–Crippen MR) is 54.7 cm³/mol. The van der Waals surface area contributed by atoms with E-state index in [-0.39, 0.29) is 12.1 Å². The molecule has 0 spiro atoms. The molecule has 1 unspecified atom stereocenters. The number of carbonyl (C=O) groups is 1. The molecule has 2 heteroatoms. The van der Waals surface area contributed by atoms with Crippen molar-refractivity contribution >= 4 is 5.97 Å². The number of carbonyl (C=O) groups excluding carboxylic acids is 1. The van der Waals surface area contributed by atoms with Gasteiger partial charge >= 0.3 is 5.97 Å². The summed E-state index contributed by atoms with van der Waals surface area (Å²) >= 11 is 0. The quantitative estimate of drug-likeness (QED) is 0.629. The Balaban J connectivity index is 2.28. The number of esters is 1. The van der Waals surface area contributed by atoms with Crippen LogP contribution in [0.2, 0.25) is 0 Å². The van der Waals surface area contributed by atoms with Gasteiger partial charge in [0.05, 0.1) is 5.57 Å². The molecular formula is C12H16O2. The van der Waals surface area contributed by atoms with Crippen molar-refractivity contribution in [2.45, 2.75) is 39.2 Å². The van der Waals surface area contributed by atoms with E-state index in [1.807, 2.05) is 6.08 Å². The lowest BCUT2D eigenvalue weighted by Crippen LogP contribution is -2.20. The molecule has 2 rings (SSSR count). The number of hydrogen-bond acceptors (Lipinski definition) is 2. The maximum atomic E-state index is 11.5. The summed E-state index contributed by atoms with van der Waals surface area (Å²) < 4.78 is 5.40. The summed E-state index contributed by atoms with van der Waals surface area (Å²) in [6.45, 7) is 4.28. The average Bonchev–Trinajstić information content (AvgIpc) is 2.56. The normalized spacial score (nSPS) is 27.6.